The third-order valence-electron chi connectivity index (χ3n) is 8.32. The van der Waals surface area contributed by atoms with E-state index in [1.807, 2.05) is 33.0 Å². The van der Waals surface area contributed by atoms with Gasteiger partial charge in [0.05, 0.1) is 10.6 Å². The monoisotopic (exact) mass is 687 g/mol. The molecular weight excluding hydrogens is 647 g/mol. The molecular formula is C35H41ClF3N5O4. The second-order valence-corrected chi connectivity index (χ2v) is 13.6. The summed E-state index contributed by atoms with van der Waals surface area (Å²) in [5.41, 5.74) is 2.01. The highest BCUT2D eigenvalue weighted by atomic mass is 35.5. The van der Waals surface area contributed by atoms with E-state index in [1.165, 1.54) is 24.3 Å². The summed E-state index contributed by atoms with van der Waals surface area (Å²) in [5, 5.41) is 6.30. The quantitative estimate of drug-likeness (QED) is 0.259. The van der Waals surface area contributed by atoms with E-state index in [9.17, 15) is 22.8 Å². The molecule has 2 aliphatic rings. The number of ether oxygens (including phenoxy) is 2. The zero-order valence-electron chi connectivity index (χ0n) is 27.3. The van der Waals surface area contributed by atoms with Gasteiger partial charge in [0.15, 0.2) is 0 Å². The number of halogens is 4. The van der Waals surface area contributed by atoms with E-state index in [1.54, 1.807) is 18.2 Å². The molecule has 1 aromatic heterocycles. The van der Waals surface area contributed by atoms with Crippen molar-refractivity contribution in [1.82, 2.24) is 20.5 Å². The van der Waals surface area contributed by atoms with E-state index >= 15 is 0 Å². The Morgan fingerprint density at radius 3 is 2.15 bits per heavy atom. The van der Waals surface area contributed by atoms with Gasteiger partial charge in [-0.25, -0.2) is 9.78 Å². The molecule has 48 heavy (non-hydrogen) atoms. The fourth-order valence-electron chi connectivity index (χ4n) is 5.95. The molecule has 0 radical (unpaired) electrons. The van der Waals surface area contributed by atoms with Crippen molar-refractivity contribution in [2.45, 2.75) is 77.0 Å². The molecule has 2 aliphatic heterocycles. The number of hydrogen-bond donors (Lipinski definition) is 2. The lowest BCUT2D eigenvalue weighted by atomic mass is 10.0. The highest BCUT2D eigenvalue weighted by Crippen LogP contribution is 2.33. The third kappa shape index (κ3) is 9.99. The van der Waals surface area contributed by atoms with Crippen molar-refractivity contribution in [3.63, 3.8) is 0 Å². The average Bonchev–Trinajstić information content (AvgIpc) is 3.02. The number of anilines is 1. The predicted octanol–water partition coefficient (Wildman–Crippen LogP) is 7.19. The smallest absolute Gasteiger partial charge is 0.444 e. The van der Waals surface area contributed by atoms with Gasteiger partial charge in [0.2, 0.25) is 0 Å². The van der Waals surface area contributed by atoms with Crippen molar-refractivity contribution < 1.29 is 32.2 Å². The molecule has 0 bridgehead atoms. The van der Waals surface area contributed by atoms with Crippen molar-refractivity contribution in [1.29, 1.82) is 0 Å². The topological polar surface area (TPSA) is 96.0 Å². The number of carbonyl (C=O) groups excluding carboxylic acids is 2. The molecule has 2 saturated heterocycles. The number of nitrogens with zero attached hydrogens (tertiary/aromatic N) is 3. The number of hydrogen-bond acceptors (Lipinski definition) is 7. The lowest BCUT2D eigenvalue weighted by Crippen LogP contribution is -2.46. The van der Waals surface area contributed by atoms with Crippen LogP contribution in [0.15, 0.2) is 60.8 Å². The Labute approximate surface area is 283 Å². The molecule has 3 heterocycles. The number of amides is 2. The minimum Gasteiger partial charge on any atom is -0.444 e. The first-order chi connectivity index (χ1) is 22.7. The van der Waals surface area contributed by atoms with Crippen LogP contribution >= 0.6 is 11.6 Å². The lowest BCUT2D eigenvalue weighted by Gasteiger charge is -2.34. The van der Waals surface area contributed by atoms with Gasteiger partial charge in [-0.1, -0.05) is 41.9 Å². The zero-order valence-corrected chi connectivity index (χ0v) is 28.0. The molecule has 5 rings (SSSR count). The van der Waals surface area contributed by atoms with Crippen molar-refractivity contribution in [2.75, 3.05) is 31.1 Å². The van der Waals surface area contributed by atoms with Crippen LogP contribution in [0.2, 0.25) is 5.02 Å². The minimum atomic E-state index is -4.78. The molecule has 0 atom stereocenters. The van der Waals surface area contributed by atoms with Crippen LogP contribution in [0.25, 0.3) is 11.1 Å². The molecule has 3 aromatic rings. The van der Waals surface area contributed by atoms with E-state index < -0.39 is 12.0 Å². The van der Waals surface area contributed by atoms with Gasteiger partial charge in [-0.15, -0.1) is 13.2 Å². The van der Waals surface area contributed by atoms with Crippen LogP contribution in [0, 0.1) is 0 Å². The van der Waals surface area contributed by atoms with Gasteiger partial charge < -0.3 is 25.0 Å². The van der Waals surface area contributed by atoms with Crippen LogP contribution in [0.1, 0.15) is 62.4 Å². The molecule has 0 unspecified atom stereocenters. The maximum atomic E-state index is 13.2. The third-order valence-corrected chi connectivity index (χ3v) is 8.73. The average molecular weight is 688 g/mol. The van der Waals surface area contributed by atoms with Crippen LogP contribution < -0.4 is 20.3 Å². The molecule has 0 saturated carbocycles. The molecule has 0 spiro atoms. The summed E-state index contributed by atoms with van der Waals surface area (Å²) in [6, 6.07) is 14.6. The first kappa shape index (κ1) is 35.3. The Hall–Kier alpha value is -4.03. The molecule has 0 aliphatic carbocycles. The highest BCUT2D eigenvalue weighted by molar-refractivity contribution is 6.36. The van der Waals surface area contributed by atoms with Crippen LogP contribution in [0.5, 0.6) is 5.75 Å². The van der Waals surface area contributed by atoms with Gasteiger partial charge in [-0.3, -0.25) is 9.69 Å². The molecule has 2 fully saturated rings. The largest absolute Gasteiger partial charge is 0.573 e. The van der Waals surface area contributed by atoms with Gasteiger partial charge in [0.25, 0.3) is 5.91 Å². The Kier molecular flexibility index (Phi) is 11.0. The van der Waals surface area contributed by atoms with E-state index in [4.69, 9.17) is 21.3 Å². The summed E-state index contributed by atoms with van der Waals surface area (Å²) in [7, 11) is 0. The SMILES string of the molecule is CC(C)(C)OC(=O)NC1CCN(c2ccc(CN3CCC(NC(=O)c4cccc(-c5ccc(OC(F)(F)F)cc5)c4Cl)CC3)cn2)CC1. The van der Waals surface area contributed by atoms with E-state index in [2.05, 4.69) is 31.2 Å². The molecule has 13 heteroatoms. The number of aromatic nitrogens is 1. The minimum absolute atomic E-state index is 0.0134. The summed E-state index contributed by atoms with van der Waals surface area (Å²) in [4.78, 5) is 34.6. The molecule has 2 N–H and O–H groups in total. The number of rotatable bonds is 8. The number of alkyl halides is 3. The zero-order chi connectivity index (χ0) is 34.5. The first-order valence-corrected chi connectivity index (χ1v) is 16.5. The van der Waals surface area contributed by atoms with Gasteiger partial charge in [0, 0.05) is 56.6 Å². The van der Waals surface area contributed by atoms with E-state index in [0.717, 1.165) is 69.8 Å². The van der Waals surface area contributed by atoms with Crippen LogP contribution in [-0.2, 0) is 11.3 Å². The summed E-state index contributed by atoms with van der Waals surface area (Å²) in [6.45, 7) is 9.54. The maximum absolute atomic E-state index is 13.2. The number of alkyl carbamates (subject to hydrolysis) is 1. The molecule has 2 amide bonds. The lowest BCUT2D eigenvalue weighted by molar-refractivity contribution is -0.274. The number of benzene rings is 2. The Morgan fingerprint density at radius 1 is 0.896 bits per heavy atom. The number of nitrogens with one attached hydrogen (secondary N) is 2. The summed E-state index contributed by atoms with van der Waals surface area (Å²) >= 11 is 6.61. The second-order valence-electron chi connectivity index (χ2n) is 13.2. The Balaban J connectivity index is 1.07. The van der Waals surface area contributed by atoms with E-state index in [0.29, 0.717) is 16.7 Å². The molecule has 2 aromatic carbocycles. The van der Waals surface area contributed by atoms with Crippen LogP contribution in [0.3, 0.4) is 0 Å². The summed E-state index contributed by atoms with van der Waals surface area (Å²) in [5.74, 6) is 0.298. The number of pyridine rings is 1. The summed E-state index contributed by atoms with van der Waals surface area (Å²) in [6.07, 6.45) is -0.0324. The molecule has 9 nitrogen and oxygen atoms in total. The van der Waals surface area contributed by atoms with Gasteiger partial charge in [-0.2, -0.15) is 0 Å². The predicted molar refractivity (Wildman–Crippen MR) is 178 cm³/mol. The van der Waals surface area contributed by atoms with Gasteiger partial charge >= 0.3 is 12.5 Å². The number of piperidine rings is 2. The van der Waals surface area contributed by atoms with E-state index in [-0.39, 0.29) is 34.9 Å². The fourth-order valence-corrected chi connectivity index (χ4v) is 6.27. The van der Waals surface area contributed by atoms with Crippen molar-refractivity contribution in [3.05, 3.63) is 76.9 Å². The number of carbonyl (C=O) groups is 2. The van der Waals surface area contributed by atoms with Crippen molar-refractivity contribution in [3.8, 4) is 16.9 Å². The van der Waals surface area contributed by atoms with Crippen LogP contribution in [-0.4, -0.2) is 72.1 Å². The van der Waals surface area contributed by atoms with Crippen LogP contribution in [0.4, 0.5) is 23.8 Å². The van der Waals surface area contributed by atoms with Crippen molar-refractivity contribution in [2.24, 2.45) is 0 Å². The number of likely N-dealkylation sites (tertiary alicyclic amines) is 1. The van der Waals surface area contributed by atoms with Crippen molar-refractivity contribution >= 4 is 29.4 Å². The fraction of sp³-hybridized carbons (Fsp3) is 0.457. The van der Waals surface area contributed by atoms with Gasteiger partial charge in [-0.05, 0) is 81.8 Å². The second kappa shape index (κ2) is 15.0. The van der Waals surface area contributed by atoms with Gasteiger partial charge in [0.1, 0.15) is 17.2 Å². The Bertz CT molecular complexity index is 1550. The Morgan fingerprint density at radius 2 is 1.54 bits per heavy atom. The summed E-state index contributed by atoms with van der Waals surface area (Å²) < 4.78 is 46.9. The maximum Gasteiger partial charge on any atom is 0.573 e. The highest BCUT2D eigenvalue weighted by Gasteiger charge is 2.31. The normalized spacial score (nSPS) is 16.8. The standard InChI is InChI=1S/C35H41ClF3N5O4/c1-34(2,3)48-33(46)42-26-15-19-44(20-16-26)30-12-7-23(21-40-30)22-43-17-13-25(14-18-43)41-32(45)29-6-4-5-28(31(29)36)24-8-10-27(11-9-24)47-35(37,38)39/h4-12,21,25-26H,13-20,22H2,1-3H3,(H,41,45)(H,42,46). The first-order valence-electron chi connectivity index (χ1n) is 16.1. The molecule has 258 valence electrons.